The maximum absolute atomic E-state index is 5.70. The van der Waals surface area contributed by atoms with Crippen LogP contribution in [-0.4, -0.2) is 21.5 Å². The third-order valence-electron chi connectivity index (χ3n) is 4.50. The van der Waals surface area contributed by atoms with Gasteiger partial charge < -0.3 is 10.2 Å². The van der Waals surface area contributed by atoms with Crippen LogP contribution in [0.15, 0.2) is 48.5 Å². The summed E-state index contributed by atoms with van der Waals surface area (Å²) in [6.07, 6.45) is 2.26. The van der Waals surface area contributed by atoms with E-state index in [1.165, 1.54) is 15.3 Å². The lowest BCUT2D eigenvalue weighted by Gasteiger charge is -2.26. The maximum Gasteiger partial charge on any atom is 0.174 e. The van der Waals surface area contributed by atoms with Crippen molar-refractivity contribution in [2.24, 2.45) is 0 Å². The summed E-state index contributed by atoms with van der Waals surface area (Å²) in [5.41, 5.74) is 3.37. The molecule has 4 rings (SSSR count). The number of aryl methyl sites for hydroxylation is 1. The van der Waals surface area contributed by atoms with Crippen LogP contribution >= 0.6 is 23.6 Å². The number of anilines is 1. The molecule has 1 fully saturated rings. The standard InChI is InChI=1S/C19H19N3S2/c1-13-7-2-3-8-14(13)21-19(23)22-12-6-10-16(22)18-20-15-9-4-5-11-17(15)24-18/h2-5,7-9,11,16H,6,10,12H2,1H3,(H,21,23)/t16-/m1/s1. The van der Waals surface area contributed by atoms with E-state index in [4.69, 9.17) is 17.2 Å². The van der Waals surface area contributed by atoms with Crippen molar-refractivity contribution in [2.75, 3.05) is 11.9 Å². The van der Waals surface area contributed by atoms with Gasteiger partial charge in [0.2, 0.25) is 0 Å². The molecule has 1 aliphatic heterocycles. The van der Waals surface area contributed by atoms with E-state index < -0.39 is 0 Å². The van der Waals surface area contributed by atoms with Crippen molar-refractivity contribution in [3.8, 4) is 0 Å². The van der Waals surface area contributed by atoms with Gasteiger partial charge in [-0.3, -0.25) is 0 Å². The minimum Gasteiger partial charge on any atom is -0.340 e. The lowest BCUT2D eigenvalue weighted by molar-refractivity contribution is 0.405. The zero-order chi connectivity index (χ0) is 16.5. The summed E-state index contributed by atoms with van der Waals surface area (Å²) < 4.78 is 1.25. The van der Waals surface area contributed by atoms with Crippen molar-refractivity contribution in [1.82, 2.24) is 9.88 Å². The Hall–Kier alpha value is -1.98. The summed E-state index contributed by atoms with van der Waals surface area (Å²) in [6.45, 7) is 3.08. The summed E-state index contributed by atoms with van der Waals surface area (Å²) in [5.74, 6) is 0. The van der Waals surface area contributed by atoms with Crippen molar-refractivity contribution >= 4 is 44.6 Å². The highest BCUT2D eigenvalue weighted by atomic mass is 32.1. The molecule has 0 saturated carbocycles. The normalized spacial score (nSPS) is 17.4. The number of nitrogens with zero attached hydrogens (tertiary/aromatic N) is 2. The number of benzene rings is 2. The van der Waals surface area contributed by atoms with Crippen LogP contribution in [0.5, 0.6) is 0 Å². The van der Waals surface area contributed by atoms with Crippen LogP contribution in [0.2, 0.25) is 0 Å². The fourth-order valence-corrected chi connectivity index (χ4v) is 4.64. The van der Waals surface area contributed by atoms with Gasteiger partial charge in [-0.2, -0.15) is 0 Å². The summed E-state index contributed by atoms with van der Waals surface area (Å²) in [5, 5.41) is 5.39. The quantitative estimate of drug-likeness (QED) is 0.646. The fraction of sp³-hybridized carbons (Fsp3) is 0.263. The molecule has 3 aromatic rings. The largest absolute Gasteiger partial charge is 0.340 e. The number of thiocarbonyl (C=S) groups is 1. The van der Waals surface area contributed by atoms with E-state index in [1.807, 2.05) is 18.2 Å². The molecule has 1 aromatic heterocycles. The molecule has 0 unspecified atom stereocenters. The predicted molar refractivity (Wildman–Crippen MR) is 106 cm³/mol. The molecular weight excluding hydrogens is 334 g/mol. The van der Waals surface area contributed by atoms with Gasteiger partial charge in [0, 0.05) is 12.2 Å². The molecule has 2 heterocycles. The van der Waals surface area contributed by atoms with E-state index in [0.717, 1.165) is 35.7 Å². The summed E-state index contributed by atoms with van der Waals surface area (Å²) >= 11 is 7.49. The number of hydrogen-bond acceptors (Lipinski definition) is 3. The third kappa shape index (κ3) is 2.89. The second kappa shape index (κ2) is 6.49. The summed E-state index contributed by atoms with van der Waals surface area (Å²) in [4.78, 5) is 7.13. The Labute approximate surface area is 151 Å². The van der Waals surface area contributed by atoms with Crippen molar-refractivity contribution in [3.05, 3.63) is 59.1 Å². The Kier molecular flexibility index (Phi) is 4.21. The van der Waals surface area contributed by atoms with Crippen LogP contribution in [-0.2, 0) is 0 Å². The molecule has 0 spiro atoms. The lowest BCUT2D eigenvalue weighted by Crippen LogP contribution is -2.34. The molecule has 1 aliphatic rings. The highest BCUT2D eigenvalue weighted by Crippen LogP contribution is 2.36. The maximum atomic E-state index is 5.70. The van der Waals surface area contributed by atoms with Crippen LogP contribution in [0.25, 0.3) is 10.2 Å². The molecule has 1 N–H and O–H groups in total. The van der Waals surface area contributed by atoms with E-state index in [-0.39, 0.29) is 6.04 Å². The first-order valence-corrected chi connectivity index (χ1v) is 9.43. The average Bonchev–Trinajstić information content (AvgIpc) is 3.23. The van der Waals surface area contributed by atoms with E-state index in [1.54, 1.807) is 11.3 Å². The molecule has 1 atom stereocenters. The number of nitrogens with one attached hydrogen (secondary N) is 1. The number of hydrogen-bond donors (Lipinski definition) is 1. The first-order chi connectivity index (χ1) is 11.7. The molecule has 5 heteroatoms. The Balaban J connectivity index is 1.58. The van der Waals surface area contributed by atoms with Gasteiger partial charge in [-0.05, 0) is 55.7 Å². The molecule has 0 aliphatic carbocycles. The Morgan fingerprint density at radius 1 is 1.21 bits per heavy atom. The fourth-order valence-electron chi connectivity index (χ4n) is 3.20. The van der Waals surface area contributed by atoms with Gasteiger partial charge in [0.05, 0.1) is 16.3 Å². The number of aromatic nitrogens is 1. The molecule has 3 nitrogen and oxygen atoms in total. The topological polar surface area (TPSA) is 28.2 Å². The van der Waals surface area contributed by atoms with Gasteiger partial charge in [-0.25, -0.2) is 4.98 Å². The van der Waals surface area contributed by atoms with Gasteiger partial charge in [-0.1, -0.05) is 30.3 Å². The molecule has 0 amide bonds. The van der Waals surface area contributed by atoms with E-state index in [9.17, 15) is 0 Å². The van der Waals surface area contributed by atoms with Crippen LogP contribution in [0.3, 0.4) is 0 Å². The number of thiazole rings is 1. The lowest BCUT2D eigenvalue weighted by atomic mass is 10.2. The van der Waals surface area contributed by atoms with Crippen LogP contribution in [0.1, 0.15) is 29.5 Å². The second-order valence-electron chi connectivity index (χ2n) is 6.12. The monoisotopic (exact) mass is 353 g/mol. The first kappa shape index (κ1) is 15.5. The molecule has 2 aromatic carbocycles. The van der Waals surface area contributed by atoms with Gasteiger partial charge >= 0.3 is 0 Å². The number of para-hydroxylation sites is 2. The SMILES string of the molecule is Cc1ccccc1NC(=S)N1CCC[C@@H]1c1nc2ccccc2s1. The second-order valence-corrected chi connectivity index (χ2v) is 7.57. The van der Waals surface area contributed by atoms with Gasteiger partial charge in [0.1, 0.15) is 5.01 Å². The minimum absolute atomic E-state index is 0.284. The van der Waals surface area contributed by atoms with Crippen LogP contribution in [0, 0.1) is 6.92 Å². The molecular formula is C19H19N3S2. The smallest absolute Gasteiger partial charge is 0.174 e. The van der Waals surface area contributed by atoms with Crippen molar-refractivity contribution in [1.29, 1.82) is 0 Å². The average molecular weight is 354 g/mol. The van der Waals surface area contributed by atoms with E-state index in [0.29, 0.717) is 0 Å². The molecule has 122 valence electrons. The first-order valence-electron chi connectivity index (χ1n) is 8.21. The Bertz CT molecular complexity index is 854. The number of rotatable bonds is 2. The van der Waals surface area contributed by atoms with Crippen LogP contribution in [0.4, 0.5) is 5.69 Å². The van der Waals surface area contributed by atoms with E-state index >= 15 is 0 Å². The van der Waals surface area contributed by atoms with Crippen molar-refractivity contribution < 1.29 is 0 Å². The highest BCUT2D eigenvalue weighted by Gasteiger charge is 2.30. The Morgan fingerprint density at radius 2 is 2.00 bits per heavy atom. The Morgan fingerprint density at radius 3 is 2.83 bits per heavy atom. The highest BCUT2D eigenvalue weighted by molar-refractivity contribution is 7.80. The molecule has 0 radical (unpaired) electrons. The molecule has 1 saturated heterocycles. The minimum atomic E-state index is 0.284. The van der Waals surface area contributed by atoms with Gasteiger partial charge in [-0.15, -0.1) is 11.3 Å². The van der Waals surface area contributed by atoms with Gasteiger partial charge in [0.15, 0.2) is 5.11 Å². The molecule has 24 heavy (non-hydrogen) atoms. The van der Waals surface area contributed by atoms with Gasteiger partial charge in [0.25, 0.3) is 0 Å². The van der Waals surface area contributed by atoms with Crippen molar-refractivity contribution in [3.63, 3.8) is 0 Å². The van der Waals surface area contributed by atoms with Crippen molar-refractivity contribution in [2.45, 2.75) is 25.8 Å². The summed E-state index contributed by atoms with van der Waals surface area (Å²) in [6, 6.07) is 16.9. The predicted octanol–water partition coefficient (Wildman–Crippen LogP) is 5.14. The molecule has 0 bridgehead atoms. The summed E-state index contributed by atoms with van der Waals surface area (Å²) in [7, 11) is 0. The van der Waals surface area contributed by atoms with E-state index in [2.05, 4.69) is 47.5 Å². The third-order valence-corrected chi connectivity index (χ3v) is 5.97. The zero-order valence-electron chi connectivity index (χ0n) is 13.5. The number of likely N-dealkylation sites (tertiary alicyclic amines) is 1. The zero-order valence-corrected chi connectivity index (χ0v) is 15.2. The van der Waals surface area contributed by atoms with Crippen LogP contribution < -0.4 is 5.32 Å². The number of fused-ring (bicyclic) bond motifs is 1.